The molecule has 1 heterocycles. The summed E-state index contributed by atoms with van der Waals surface area (Å²) in [6.07, 6.45) is 0. The molecule has 0 unspecified atom stereocenters. The Bertz CT molecular complexity index is 1300. The zero-order valence-electron chi connectivity index (χ0n) is 19.0. The predicted molar refractivity (Wildman–Crippen MR) is 142 cm³/mol. The highest BCUT2D eigenvalue weighted by Crippen LogP contribution is 2.29. The molecule has 1 aromatic heterocycles. The fourth-order valence-corrected chi connectivity index (χ4v) is 4.17. The lowest BCUT2D eigenvalue weighted by Gasteiger charge is -2.13. The number of aromatic nitrogens is 3. The lowest BCUT2D eigenvalue weighted by molar-refractivity contribution is 0.101. The highest BCUT2D eigenvalue weighted by Gasteiger charge is 2.20. The Kier molecular flexibility index (Phi) is 7.48. The van der Waals surface area contributed by atoms with Gasteiger partial charge in [0.15, 0.2) is 5.82 Å². The van der Waals surface area contributed by atoms with Gasteiger partial charge in [0.1, 0.15) is 5.75 Å². The van der Waals surface area contributed by atoms with Gasteiger partial charge in [-0.25, -0.2) is 9.67 Å². The average Bonchev–Trinajstić information content (AvgIpc) is 3.27. The van der Waals surface area contributed by atoms with E-state index in [4.69, 9.17) is 4.74 Å². The van der Waals surface area contributed by atoms with Crippen LogP contribution in [-0.4, -0.2) is 27.3 Å². The maximum absolute atomic E-state index is 13.2. The van der Waals surface area contributed by atoms with Crippen LogP contribution < -0.4 is 10.1 Å². The lowest BCUT2D eigenvalue weighted by atomic mass is 10.0. The smallest absolute Gasteiger partial charge is 0.295 e. The second-order valence-corrected chi connectivity index (χ2v) is 9.78. The van der Waals surface area contributed by atoms with Gasteiger partial charge in [0.2, 0.25) is 5.82 Å². The number of nitrogens with one attached hydrogen (secondary N) is 1. The molecule has 0 saturated carbocycles. The summed E-state index contributed by atoms with van der Waals surface area (Å²) in [6.45, 7) is 6.70. The van der Waals surface area contributed by atoms with E-state index in [1.54, 1.807) is 4.68 Å². The third-order valence-corrected chi connectivity index (χ3v) is 6.21. The normalized spacial score (nSPS) is 11.0. The van der Waals surface area contributed by atoms with Gasteiger partial charge < -0.3 is 10.1 Å². The van der Waals surface area contributed by atoms with E-state index in [1.165, 1.54) is 0 Å². The van der Waals surface area contributed by atoms with Crippen molar-refractivity contribution >= 4 is 43.5 Å². The third kappa shape index (κ3) is 5.39. The monoisotopic (exact) mass is 582 g/mol. The number of carbonyl (C=O) groups is 1. The van der Waals surface area contributed by atoms with Crippen LogP contribution in [0.2, 0.25) is 0 Å². The zero-order chi connectivity index (χ0) is 24.2. The topological polar surface area (TPSA) is 69.0 Å². The number of benzene rings is 3. The zero-order valence-corrected chi connectivity index (χ0v) is 22.2. The molecule has 0 aliphatic heterocycles. The predicted octanol–water partition coefficient (Wildman–Crippen LogP) is 7.23. The van der Waals surface area contributed by atoms with E-state index in [1.807, 2.05) is 73.7 Å². The van der Waals surface area contributed by atoms with E-state index >= 15 is 0 Å². The SMILES string of the molecule is CCOc1ccc(-n2nc(C(=O)Nc3ccc(Br)cc3C(C)C)nc2-c2ccc(Br)cc2)cc1. The molecule has 0 spiro atoms. The van der Waals surface area contributed by atoms with E-state index in [-0.39, 0.29) is 17.6 Å². The van der Waals surface area contributed by atoms with Crippen LogP contribution in [0.4, 0.5) is 5.69 Å². The number of carbonyl (C=O) groups excluding carboxylic acids is 1. The van der Waals surface area contributed by atoms with Crippen molar-refractivity contribution in [2.24, 2.45) is 0 Å². The number of ether oxygens (including phenoxy) is 1. The molecule has 0 aliphatic rings. The third-order valence-electron chi connectivity index (χ3n) is 5.19. The van der Waals surface area contributed by atoms with Crippen LogP contribution in [0.1, 0.15) is 42.9 Å². The first kappa shape index (κ1) is 24.2. The van der Waals surface area contributed by atoms with E-state index in [0.717, 1.165) is 37.2 Å². The van der Waals surface area contributed by atoms with Gasteiger partial charge in [-0.3, -0.25) is 4.79 Å². The molecule has 4 aromatic rings. The molecule has 1 N–H and O–H groups in total. The Hall–Kier alpha value is -2.97. The molecule has 0 atom stereocenters. The van der Waals surface area contributed by atoms with Crippen molar-refractivity contribution in [1.82, 2.24) is 14.8 Å². The van der Waals surface area contributed by atoms with Crippen molar-refractivity contribution in [1.29, 1.82) is 0 Å². The molecule has 3 aromatic carbocycles. The number of rotatable bonds is 7. The van der Waals surface area contributed by atoms with Crippen molar-refractivity contribution in [2.75, 3.05) is 11.9 Å². The van der Waals surface area contributed by atoms with Crippen LogP contribution >= 0.6 is 31.9 Å². The first-order valence-corrected chi connectivity index (χ1v) is 12.5. The summed E-state index contributed by atoms with van der Waals surface area (Å²) in [7, 11) is 0. The second-order valence-electron chi connectivity index (χ2n) is 7.95. The quantitative estimate of drug-likeness (QED) is 0.249. The standard InChI is InChI=1S/C26H24Br2N4O2/c1-4-34-21-12-10-20(11-13-21)32-25(17-5-7-18(27)8-6-17)30-24(31-32)26(33)29-23-14-9-19(28)15-22(23)16(2)3/h5-16H,4H2,1-3H3,(H,29,33). The summed E-state index contributed by atoms with van der Waals surface area (Å²) >= 11 is 6.98. The van der Waals surface area contributed by atoms with E-state index < -0.39 is 0 Å². The number of hydrogen-bond donors (Lipinski definition) is 1. The number of anilines is 1. The fourth-order valence-electron chi connectivity index (χ4n) is 3.53. The first-order valence-electron chi connectivity index (χ1n) is 10.9. The van der Waals surface area contributed by atoms with Crippen LogP contribution in [0.25, 0.3) is 17.1 Å². The first-order chi connectivity index (χ1) is 16.4. The summed E-state index contributed by atoms with van der Waals surface area (Å²) in [4.78, 5) is 17.8. The maximum atomic E-state index is 13.2. The molecule has 0 saturated heterocycles. The van der Waals surface area contributed by atoms with Crippen LogP contribution in [0.5, 0.6) is 5.75 Å². The second kappa shape index (κ2) is 10.5. The van der Waals surface area contributed by atoms with Crippen molar-refractivity contribution < 1.29 is 9.53 Å². The molecule has 0 radical (unpaired) electrons. The minimum atomic E-state index is -0.368. The molecule has 1 amide bonds. The van der Waals surface area contributed by atoms with Crippen molar-refractivity contribution in [3.05, 3.63) is 87.1 Å². The Morgan fingerprint density at radius 2 is 1.68 bits per heavy atom. The summed E-state index contributed by atoms with van der Waals surface area (Å²) in [5, 5.41) is 7.56. The average molecular weight is 584 g/mol. The number of nitrogens with zero attached hydrogens (tertiary/aromatic N) is 3. The molecule has 8 heteroatoms. The Morgan fingerprint density at radius 1 is 1.00 bits per heavy atom. The van der Waals surface area contributed by atoms with Gasteiger partial charge in [0.25, 0.3) is 5.91 Å². The van der Waals surface area contributed by atoms with E-state index in [9.17, 15) is 4.79 Å². The molecule has 4 rings (SSSR count). The van der Waals surface area contributed by atoms with Crippen LogP contribution in [0.15, 0.2) is 75.7 Å². The molecule has 174 valence electrons. The summed E-state index contributed by atoms with van der Waals surface area (Å²) < 4.78 is 9.15. The molecule has 34 heavy (non-hydrogen) atoms. The van der Waals surface area contributed by atoms with Gasteiger partial charge in [-0.2, -0.15) is 0 Å². The minimum Gasteiger partial charge on any atom is -0.494 e. The fraction of sp³-hybridized carbons (Fsp3) is 0.192. The van der Waals surface area contributed by atoms with Crippen LogP contribution in [0, 0.1) is 0 Å². The highest BCUT2D eigenvalue weighted by molar-refractivity contribution is 9.10. The summed E-state index contributed by atoms with van der Waals surface area (Å²) in [5.74, 6) is 1.30. The largest absolute Gasteiger partial charge is 0.494 e. The maximum Gasteiger partial charge on any atom is 0.295 e. The van der Waals surface area contributed by atoms with Crippen molar-refractivity contribution in [3.8, 4) is 22.8 Å². The summed E-state index contributed by atoms with van der Waals surface area (Å²) in [6, 6.07) is 21.1. The van der Waals surface area contributed by atoms with Crippen LogP contribution in [0.3, 0.4) is 0 Å². The Balaban J connectivity index is 1.73. The number of halogens is 2. The van der Waals surface area contributed by atoms with Gasteiger partial charge in [-0.05, 0) is 73.0 Å². The highest BCUT2D eigenvalue weighted by atomic mass is 79.9. The molecular weight excluding hydrogens is 560 g/mol. The molecule has 0 fully saturated rings. The Labute approximate surface area is 215 Å². The Morgan fingerprint density at radius 3 is 2.32 bits per heavy atom. The molecule has 0 aliphatic carbocycles. The number of amides is 1. The van der Waals surface area contributed by atoms with Gasteiger partial charge in [0, 0.05) is 20.2 Å². The minimum absolute atomic E-state index is 0.0874. The number of hydrogen-bond acceptors (Lipinski definition) is 4. The molecule has 6 nitrogen and oxygen atoms in total. The van der Waals surface area contributed by atoms with Crippen molar-refractivity contribution in [2.45, 2.75) is 26.7 Å². The van der Waals surface area contributed by atoms with Crippen LogP contribution in [-0.2, 0) is 0 Å². The van der Waals surface area contributed by atoms with Gasteiger partial charge in [-0.15, -0.1) is 5.10 Å². The van der Waals surface area contributed by atoms with Crippen molar-refractivity contribution in [3.63, 3.8) is 0 Å². The van der Waals surface area contributed by atoms with Gasteiger partial charge in [0.05, 0.1) is 12.3 Å². The lowest BCUT2D eigenvalue weighted by Crippen LogP contribution is -2.16. The molecular formula is C26H24Br2N4O2. The van der Waals surface area contributed by atoms with Gasteiger partial charge in [-0.1, -0.05) is 57.8 Å². The van der Waals surface area contributed by atoms with Gasteiger partial charge >= 0.3 is 0 Å². The van der Waals surface area contributed by atoms with E-state index in [0.29, 0.717) is 12.4 Å². The van der Waals surface area contributed by atoms with E-state index in [2.05, 4.69) is 61.1 Å². The molecule has 0 bridgehead atoms. The summed E-state index contributed by atoms with van der Waals surface area (Å²) in [5.41, 5.74) is 3.39.